The molecule has 1 aliphatic rings. The van der Waals surface area contributed by atoms with Crippen molar-refractivity contribution in [3.63, 3.8) is 0 Å². The Bertz CT molecular complexity index is 499. The Hall–Kier alpha value is -1.98. The van der Waals surface area contributed by atoms with E-state index in [1.807, 2.05) is 30.3 Å². The minimum absolute atomic E-state index is 0.117. The average molecular weight is 299 g/mol. The molecule has 1 atom stereocenters. The highest BCUT2D eigenvalue weighted by molar-refractivity contribution is 5.68. The van der Waals surface area contributed by atoms with Crippen molar-refractivity contribution in [2.75, 3.05) is 6.54 Å². The SMILES string of the molecule is O=C(OCc1ccccc1)N1CCC[C@H]1/C=C/C(F)(F)F. The molecule has 114 valence electrons. The van der Waals surface area contributed by atoms with Crippen molar-refractivity contribution in [1.29, 1.82) is 0 Å². The Labute approximate surface area is 121 Å². The van der Waals surface area contributed by atoms with Gasteiger partial charge in [-0.25, -0.2) is 4.79 Å². The monoisotopic (exact) mass is 299 g/mol. The van der Waals surface area contributed by atoms with Crippen molar-refractivity contribution < 1.29 is 22.7 Å². The zero-order chi connectivity index (χ0) is 15.3. The summed E-state index contributed by atoms with van der Waals surface area (Å²) in [5.41, 5.74) is 0.840. The third-order valence-electron chi connectivity index (χ3n) is 3.25. The van der Waals surface area contributed by atoms with Crippen molar-refractivity contribution in [2.24, 2.45) is 0 Å². The highest BCUT2D eigenvalue weighted by Crippen LogP contribution is 2.23. The van der Waals surface area contributed by atoms with E-state index in [-0.39, 0.29) is 12.7 Å². The molecule has 1 heterocycles. The van der Waals surface area contributed by atoms with Gasteiger partial charge in [0.15, 0.2) is 0 Å². The minimum Gasteiger partial charge on any atom is -0.445 e. The van der Waals surface area contributed by atoms with Gasteiger partial charge < -0.3 is 9.64 Å². The molecule has 2 rings (SSSR count). The summed E-state index contributed by atoms with van der Waals surface area (Å²) in [5.74, 6) is 0. The number of rotatable bonds is 3. The molecule has 6 heteroatoms. The molecule has 0 aromatic heterocycles. The predicted molar refractivity (Wildman–Crippen MR) is 71.6 cm³/mol. The maximum absolute atomic E-state index is 12.2. The summed E-state index contributed by atoms with van der Waals surface area (Å²) >= 11 is 0. The summed E-state index contributed by atoms with van der Waals surface area (Å²) < 4.78 is 41.7. The Balaban J connectivity index is 1.90. The zero-order valence-corrected chi connectivity index (χ0v) is 11.3. The Morgan fingerprint density at radius 1 is 1.33 bits per heavy atom. The van der Waals surface area contributed by atoms with E-state index in [2.05, 4.69) is 0 Å². The van der Waals surface area contributed by atoms with E-state index in [4.69, 9.17) is 4.74 Å². The van der Waals surface area contributed by atoms with Crippen LogP contribution in [0.3, 0.4) is 0 Å². The van der Waals surface area contributed by atoms with Crippen LogP contribution in [0, 0.1) is 0 Å². The number of carbonyl (C=O) groups is 1. The molecular formula is C15H16F3NO2. The van der Waals surface area contributed by atoms with E-state index in [9.17, 15) is 18.0 Å². The van der Waals surface area contributed by atoms with E-state index in [0.717, 1.165) is 11.6 Å². The number of alkyl halides is 3. The lowest BCUT2D eigenvalue weighted by atomic mass is 10.2. The number of hydrogen-bond donors (Lipinski definition) is 0. The largest absolute Gasteiger partial charge is 0.445 e. The van der Waals surface area contributed by atoms with Gasteiger partial charge >= 0.3 is 12.3 Å². The van der Waals surface area contributed by atoms with Crippen molar-refractivity contribution in [1.82, 2.24) is 4.90 Å². The molecule has 1 amide bonds. The average Bonchev–Trinajstić information content (AvgIpc) is 2.91. The predicted octanol–water partition coefficient (Wildman–Crippen LogP) is 3.91. The number of hydrogen-bond acceptors (Lipinski definition) is 2. The minimum atomic E-state index is -4.36. The van der Waals surface area contributed by atoms with Crippen LogP contribution in [0.1, 0.15) is 18.4 Å². The third-order valence-corrected chi connectivity index (χ3v) is 3.25. The molecule has 0 N–H and O–H groups in total. The van der Waals surface area contributed by atoms with Crippen molar-refractivity contribution in [3.05, 3.63) is 48.0 Å². The van der Waals surface area contributed by atoms with E-state index >= 15 is 0 Å². The molecule has 1 fully saturated rings. The lowest BCUT2D eigenvalue weighted by Crippen LogP contribution is -2.35. The fourth-order valence-electron chi connectivity index (χ4n) is 2.24. The van der Waals surface area contributed by atoms with Gasteiger partial charge in [0.05, 0.1) is 6.04 Å². The summed E-state index contributed by atoms with van der Waals surface area (Å²) in [4.78, 5) is 13.3. The van der Waals surface area contributed by atoms with Crippen LogP contribution in [0.2, 0.25) is 0 Å². The summed E-state index contributed by atoms with van der Waals surface area (Å²) in [6, 6.07) is 8.59. The summed E-state index contributed by atoms with van der Waals surface area (Å²) in [5, 5.41) is 0. The van der Waals surface area contributed by atoms with Crippen LogP contribution >= 0.6 is 0 Å². The maximum atomic E-state index is 12.2. The number of benzene rings is 1. The second-order valence-electron chi connectivity index (χ2n) is 4.84. The van der Waals surface area contributed by atoms with Gasteiger partial charge in [0.2, 0.25) is 0 Å². The molecule has 1 saturated heterocycles. The van der Waals surface area contributed by atoms with Crippen LogP contribution in [0.4, 0.5) is 18.0 Å². The molecule has 0 aliphatic carbocycles. The first-order valence-corrected chi connectivity index (χ1v) is 6.69. The first-order valence-electron chi connectivity index (χ1n) is 6.69. The highest BCUT2D eigenvalue weighted by Gasteiger charge is 2.30. The lowest BCUT2D eigenvalue weighted by Gasteiger charge is -2.21. The van der Waals surface area contributed by atoms with Crippen molar-refractivity contribution >= 4 is 6.09 Å². The van der Waals surface area contributed by atoms with Gasteiger partial charge in [-0.2, -0.15) is 13.2 Å². The first-order chi connectivity index (χ1) is 9.96. The van der Waals surface area contributed by atoms with Crippen molar-refractivity contribution in [2.45, 2.75) is 31.7 Å². The molecule has 21 heavy (non-hydrogen) atoms. The summed E-state index contributed by atoms with van der Waals surface area (Å²) in [6.45, 7) is 0.534. The number of carbonyl (C=O) groups excluding carboxylic acids is 1. The fraction of sp³-hybridized carbons (Fsp3) is 0.400. The van der Waals surface area contributed by atoms with Crippen LogP contribution in [0.5, 0.6) is 0 Å². The number of halogens is 3. The van der Waals surface area contributed by atoms with E-state index in [1.165, 1.54) is 4.90 Å². The molecule has 0 radical (unpaired) electrons. The Kier molecular flexibility index (Phi) is 4.88. The number of nitrogens with zero attached hydrogens (tertiary/aromatic N) is 1. The lowest BCUT2D eigenvalue weighted by molar-refractivity contribution is -0.0803. The second kappa shape index (κ2) is 6.65. The topological polar surface area (TPSA) is 29.5 Å². The van der Waals surface area contributed by atoms with Gasteiger partial charge in [-0.3, -0.25) is 0 Å². The molecular weight excluding hydrogens is 283 g/mol. The van der Waals surface area contributed by atoms with Crippen LogP contribution in [-0.2, 0) is 11.3 Å². The zero-order valence-electron chi connectivity index (χ0n) is 11.3. The smallest absolute Gasteiger partial charge is 0.410 e. The number of amides is 1. The van der Waals surface area contributed by atoms with Crippen molar-refractivity contribution in [3.8, 4) is 0 Å². The fourth-order valence-corrected chi connectivity index (χ4v) is 2.24. The normalized spacial score (nSPS) is 19.2. The molecule has 0 bridgehead atoms. The number of ether oxygens (including phenoxy) is 1. The molecule has 0 spiro atoms. The van der Waals surface area contributed by atoms with Crippen LogP contribution < -0.4 is 0 Å². The Morgan fingerprint density at radius 2 is 2.05 bits per heavy atom. The standard InChI is InChI=1S/C15H16F3NO2/c16-15(17,18)9-8-13-7-4-10-19(13)14(20)21-11-12-5-2-1-3-6-12/h1-3,5-6,8-9,13H,4,7,10-11H2/b9-8+/t13-/m0/s1. The third kappa shape index (κ3) is 4.81. The second-order valence-corrected chi connectivity index (χ2v) is 4.84. The van der Waals surface area contributed by atoms with Gasteiger partial charge in [-0.1, -0.05) is 36.4 Å². The Morgan fingerprint density at radius 3 is 2.71 bits per heavy atom. The van der Waals surface area contributed by atoms with Crippen LogP contribution in [0.25, 0.3) is 0 Å². The van der Waals surface area contributed by atoms with Crippen LogP contribution in [-0.4, -0.2) is 29.8 Å². The quantitative estimate of drug-likeness (QED) is 0.792. The maximum Gasteiger partial charge on any atom is 0.410 e. The number of allylic oxidation sites excluding steroid dienone is 1. The molecule has 1 aromatic rings. The molecule has 0 unspecified atom stereocenters. The number of likely N-dealkylation sites (tertiary alicyclic amines) is 1. The van der Waals surface area contributed by atoms with Gasteiger partial charge in [-0.15, -0.1) is 0 Å². The van der Waals surface area contributed by atoms with Gasteiger partial charge in [0.1, 0.15) is 6.61 Å². The van der Waals surface area contributed by atoms with E-state index < -0.39 is 18.3 Å². The molecule has 3 nitrogen and oxygen atoms in total. The molecule has 0 saturated carbocycles. The van der Waals surface area contributed by atoms with Gasteiger partial charge in [0, 0.05) is 12.6 Å². The van der Waals surface area contributed by atoms with Gasteiger partial charge in [-0.05, 0) is 18.4 Å². The van der Waals surface area contributed by atoms with Crippen LogP contribution in [0.15, 0.2) is 42.5 Å². The summed E-state index contributed by atoms with van der Waals surface area (Å²) in [6.07, 6.45) is -2.53. The molecule has 1 aliphatic heterocycles. The van der Waals surface area contributed by atoms with E-state index in [1.54, 1.807) is 0 Å². The first kappa shape index (κ1) is 15.4. The van der Waals surface area contributed by atoms with E-state index in [0.29, 0.717) is 19.4 Å². The summed E-state index contributed by atoms with van der Waals surface area (Å²) in [7, 11) is 0. The van der Waals surface area contributed by atoms with Gasteiger partial charge in [0.25, 0.3) is 0 Å². The molecule has 1 aromatic carbocycles. The highest BCUT2D eigenvalue weighted by atomic mass is 19.4.